The SMILES string of the molecule is CCN(C)c1cc(N2C[C@H](O)C[C@@H]2CNC2CCCc3occc32)ncn1. The van der Waals surface area contributed by atoms with Crippen LogP contribution in [0.25, 0.3) is 0 Å². The zero-order valence-electron chi connectivity index (χ0n) is 16.1. The van der Waals surface area contributed by atoms with E-state index in [9.17, 15) is 5.11 Å². The highest BCUT2D eigenvalue weighted by atomic mass is 16.3. The first-order valence-electron chi connectivity index (χ1n) is 9.93. The Morgan fingerprint density at radius 3 is 3.15 bits per heavy atom. The molecule has 0 spiro atoms. The highest BCUT2D eigenvalue weighted by Gasteiger charge is 2.33. The lowest BCUT2D eigenvalue weighted by Crippen LogP contribution is -2.40. The molecule has 1 aliphatic carbocycles. The van der Waals surface area contributed by atoms with Gasteiger partial charge < -0.3 is 24.6 Å². The molecule has 3 atom stereocenters. The summed E-state index contributed by atoms with van der Waals surface area (Å²) in [5.41, 5.74) is 1.29. The first-order chi connectivity index (χ1) is 13.2. The number of aliphatic hydroxyl groups is 1. The van der Waals surface area contributed by atoms with Gasteiger partial charge in [0, 0.05) is 56.8 Å². The highest BCUT2D eigenvalue weighted by molar-refractivity contribution is 5.51. The second kappa shape index (κ2) is 7.86. The fourth-order valence-electron chi connectivity index (χ4n) is 4.21. The number of β-amino-alcohol motifs (C(OH)–C–C–N with tert-alkyl or cyclic N) is 1. The van der Waals surface area contributed by atoms with Crippen LogP contribution in [-0.2, 0) is 6.42 Å². The van der Waals surface area contributed by atoms with Crippen molar-refractivity contribution in [3.8, 4) is 0 Å². The smallest absolute Gasteiger partial charge is 0.134 e. The first kappa shape index (κ1) is 18.3. The lowest BCUT2D eigenvalue weighted by Gasteiger charge is -2.29. The third-order valence-corrected chi connectivity index (χ3v) is 5.84. The minimum atomic E-state index is -0.324. The van der Waals surface area contributed by atoms with E-state index in [1.165, 1.54) is 5.56 Å². The summed E-state index contributed by atoms with van der Waals surface area (Å²) < 4.78 is 5.60. The largest absolute Gasteiger partial charge is 0.469 e. The molecule has 3 heterocycles. The Morgan fingerprint density at radius 1 is 1.41 bits per heavy atom. The Balaban J connectivity index is 1.46. The zero-order chi connectivity index (χ0) is 18.8. The molecule has 0 amide bonds. The van der Waals surface area contributed by atoms with Crippen molar-refractivity contribution >= 4 is 11.6 Å². The van der Waals surface area contributed by atoms with Crippen molar-refractivity contribution in [1.82, 2.24) is 15.3 Å². The lowest BCUT2D eigenvalue weighted by molar-refractivity contribution is 0.193. The molecule has 2 N–H and O–H groups in total. The molecule has 1 aliphatic heterocycles. The maximum atomic E-state index is 10.3. The van der Waals surface area contributed by atoms with Crippen molar-refractivity contribution in [3.63, 3.8) is 0 Å². The van der Waals surface area contributed by atoms with E-state index in [1.807, 2.05) is 13.1 Å². The molecule has 2 aromatic heterocycles. The van der Waals surface area contributed by atoms with Crippen molar-refractivity contribution in [1.29, 1.82) is 0 Å². The van der Waals surface area contributed by atoms with E-state index in [4.69, 9.17) is 4.42 Å². The number of nitrogens with zero attached hydrogens (tertiary/aromatic N) is 4. The molecular formula is C20H29N5O2. The van der Waals surface area contributed by atoms with Crippen molar-refractivity contribution in [2.24, 2.45) is 0 Å². The minimum absolute atomic E-state index is 0.215. The van der Waals surface area contributed by atoms with Crippen molar-refractivity contribution < 1.29 is 9.52 Å². The van der Waals surface area contributed by atoms with Gasteiger partial charge in [-0.05, 0) is 32.3 Å². The predicted octanol–water partition coefficient (Wildman–Crippen LogP) is 2.13. The van der Waals surface area contributed by atoms with Gasteiger partial charge in [0.25, 0.3) is 0 Å². The van der Waals surface area contributed by atoms with Crippen LogP contribution in [0.5, 0.6) is 0 Å². The van der Waals surface area contributed by atoms with Crippen molar-refractivity contribution in [2.75, 3.05) is 36.5 Å². The van der Waals surface area contributed by atoms with Gasteiger partial charge >= 0.3 is 0 Å². The van der Waals surface area contributed by atoms with Crippen LogP contribution in [0, 0.1) is 0 Å². The van der Waals surface area contributed by atoms with Gasteiger partial charge in [-0.3, -0.25) is 0 Å². The Hall–Kier alpha value is -2.12. The second-order valence-electron chi connectivity index (χ2n) is 7.60. The van der Waals surface area contributed by atoms with Crippen LogP contribution in [0.3, 0.4) is 0 Å². The van der Waals surface area contributed by atoms with Gasteiger partial charge in [-0.25, -0.2) is 9.97 Å². The summed E-state index contributed by atoms with van der Waals surface area (Å²) in [6.07, 6.45) is 7.14. The number of furan rings is 1. The molecule has 4 rings (SSSR count). The van der Waals surface area contributed by atoms with E-state index >= 15 is 0 Å². The van der Waals surface area contributed by atoms with E-state index in [0.717, 1.165) is 56.2 Å². The summed E-state index contributed by atoms with van der Waals surface area (Å²) in [4.78, 5) is 13.1. The fraction of sp³-hybridized carbons (Fsp3) is 0.600. The predicted molar refractivity (Wildman–Crippen MR) is 105 cm³/mol. The van der Waals surface area contributed by atoms with E-state index in [2.05, 4.69) is 38.1 Å². The molecule has 0 bridgehead atoms. The number of hydrogen-bond acceptors (Lipinski definition) is 7. The summed E-state index contributed by atoms with van der Waals surface area (Å²) in [7, 11) is 2.02. The average Bonchev–Trinajstić information content (AvgIpc) is 3.32. The Morgan fingerprint density at radius 2 is 2.30 bits per heavy atom. The Labute approximate surface area is 160 Å². The molecule has 2 aromatic rings. The average molecular weight is 371 g/mol. The highest BCUT2D eigenvalue weighted by Crippen LogP contribution is 2.31. The van der Waals surface area contributed by atoms with Gasteiger partial charge in [0.1, 0.15) is 23.7 Å². The topological polar surface area (TPSA) is 77.7 Å². The number of hydrogen-bond donors (Lipinski definition) is 2. The van der Waals surface area contributed by atoms with E-state index in [-0.39, 0.29) is 12.1 Å². The van der Waals surface area contributed by atoms with Gasteiger partial charge in [0.2, 0.25) is 0 Å². The molecule has 27 heavy (non-hydrogen) atoms. The Kier molecular flexibility index (Phi) is 5.31. The molecule has 0 aromatic carbocycles. The van der Waals surface area contributed by atoms with E-state index < -0.39 is 0 Å². The molecule has 0 radical (unpaired) electrons. The summed E-state index contributed by atoms with van der Waals surface area (Å²) >= 11 is 0. The van der Waals surface area contributed by atoms with E-state index in [0.29, 0.717) is 12.6 Å². The van der Waals surface area contributed by atoms with Crippen LogP contribution in [0.15, 0.2) is 29.1 Å². The van der Waals surface area contributed by atoms with E-state index in [1.54, 1.807) is 12.6 Å². The summed E-state index contributed by atoms with van der Waals surface area (Å²) in [5, 5.41) is 14.0. The number of rotatable bonds is 6. The summed E-state index contributed by atoms with van der Waals surface area (Å²) in [6.45, 7) is 4.41. The molecule has 146 valence electrons. The minimum Gasteiger partial charge on any atom is -0.469 e. The number of aryl methyl sites for hydroxylation is 1. The molecule has 1 unspecified atom stereocenters. The molecule has 0 saturated carbocycles. The molecular weight excluding hydrogens is 342 g/mol. The van der Waals surface area contributed by atoms with Gasteiger partial charge in [0.15, 0.2) is 0 Å². The van der Waals surface area contributed by atoms with Gasteiger partial charge in [-0.2, -0.15) is 0 Å². The number of fused-ring (bicyclic) bond motifs is 1. The molecule has 7 nitrogen and oxygen atoms in total. The normalized spacial score (nSPS) is 24.9. The summed E-state index contributed by atoms with van der Waals surface area (Å²) in [6, 6.07) is 4.65. The van der Waals surface area contributed by atoms with Gasteiger partial charge in [-0.15, -0.1) is 0 Å². The maximum Gasteiger partial charge on any atom is 0.134 e. The van der Waals surface area contributed by atoms with Crippen molar-refractivity contribution in [2.45, 2.75) is 50.8 Å². The summed E-state index contributed by atoms with van der Waals surface area (Å²) in [5.74, 6) is 2.91. The van der Waals surface area contributed by atoms with Gasteiger partial charge in [0.05, 0.1) is 12.4 Å². The van der Waals surface area contributed by atoms with Crippen LogP contribution in [0.1, 0.15) is 43.6 Å². The Bertz CT molecular complexity index is 764. The fourth-order valence-corrected chi connectivity index (χ4v) is 4.21. The van der Waals surface area contributed by atoms with Crippen LogP contribution in [-0.4, -0.2) is 53.9 Å². The molecule has 7 heteroatoms. The van der Waals surface area contributed by atoms with Gasteiger partial charge in [-0.1, -0.05) is 0 Å². The van der Waals surface area contributed by atoms with Crippen molar-refractivity contribution in [3.05, 3.63) is 36.0 Å². The van der Waals surface area contributed by atoms with Crippen LogP contribution >= 0.6 is 0 Å². The van der Waals surface area contributed by atoms with Crippen LogP contribution < -0.4 is 15.1 Å². The van der Waals surface area contributed by atoms with Crippen LogP contribution in [0.2, 0.25) is 0 Å². The number of aromatic nitrogens is 2. The number of nitrogens with one attached hydrogen (secondary N) is 1. The maximum absolute atomic E-state index is 10.3. The quantitative estimate of drug-likeness (QED) is 0.805. The molecule has 2 aliphatic rings. The second-order valence-corrected chi connectivity index (χ2v) is 7.60. The third-order valence-electron chi connectivity index (χ3n) is 5.84. The third kappa shape index (κ3) is 3.80. The zero-order valence-corrected chi connectivity index (χ0v) is 16.1. The first-order valence-corrected chi connectivity index (χ1v) is 9.93. The lowest BCUT2D eigenvalue weighted by atomic mass is 9.93. The number of aliphatic hydroxyl groups excluding tert-OH is 1. The molecule has 1 saturated heterocycles. The monoisotopic (exact) mass is 371 g/mol. The number of anilines is 2. The van der Waals surface area contributed by atoms with Crippen LogP contribution in [0.4, 0.5) is 11.6 Å². The molecule has 1 fully saturated rings. The standard InChI is InChI=1S/C20H29N5O2/c1-3-24(2)19-10-20(23-13-22-19)25-12-15(26)9-14(25)11-21-17-5-4-6-18-16(17)7-8-27-18/h7-8,10,13-15,17,21,26H,3-6,9,11-12H2,1-2H3/t14-,15-,17?/m1/s1.